The van der Waals surface area contributed by atoms with Gasteiger partial charge in [-0.1, -0.05) is 72.8 Å². The zero-order valence-electron chi connectivity index (χ0n) is 18.8. The summed E-state index contributed by atoms with van der Waals surface area (Å²) in [4.78, 5) is 39.1. The molecule has 0 bridgehead atoms. The van der Waals surface area contributed by atoms with E-state index in [9.17, 15) is 14.4 Å². The Morgan fingerprint density at radius 3 is 2.20 bits per heavy atom. The van der Waals surface area contributed by atoms with E-state index in [2.05, 4.69) is 10.6 Å². The number of H-pyrrole nitrogens is 1. The number of carbonyl (C=O) groups excluding carboxylic acids is 2. The Morgan fingerprint density at radius 1 is 0.886 bits per heavy atom. The molecule has 0 aliphatic carbocycles. The maximum Gasteiger partial charge on any atom is 0.431 e. The molecule has 0 saturated carbocycles. The van der Waals surface area contributed by atoms with Crippen LogP contribution in [0.2, 0.25) is 0 Å². The first-order valence-corrected chi connectivity index (χ1v) is 11.2. The van der Waals surface area contributed by atoms with Gasteiger partial charge in [-0.25, -0.2) is 9.69 Å². The molecule has 0 spiro atoms. The highest BCUT2D eigenvalue weighted by molar-refractivity contribution is 6.22. The molecule has 35 heavy (non-hydrogen) atoms. The van der Waals surface area contributed by atoms with Gasteiger partial charge in [0.1, 0.15) is 0 Å². The second-order valence-corrected chi connectivity index (χ2v) is 8.14. The number of nitrogens with one attached hydrogen (secondary N) is 2. The quantitative estimate of drug-likeness (QED) is 0.247. The van der Waals surface area contributed by atoms with Gasteiger partial charge in [-0.15, -0.1) is 0 Å². The van der Waals surface area contributed by atoms with Gasteiger partial charge >= 0.3 is 11.3 Å². The number of aromatic nitrogens is 2. The van der Waals surface area contributed by atoms with Crippen molar-refractivity contribution in [2.24, 2.45) is 0 Å². The molecular weight excluding hydrogens is 444 g/mol. The van der Waals surface area contributed by atoms with Crippen LogP contribution >= 0.6 is 0 Å². The summed E-state index contributed by atoms with van der Waals surface area (Å²) in [6, 6.07) is 25.6. The Hall–Kier alpha value is -4.56. The van der Waals surface area contributed by atoms with Crippen molar-refractivity contribution in [2.75, 3.05) is 4.90 Å². The third-order valence-electron chi connectivity index (χ3n) is 5.83. The molecule has 2 heterocycles. The highest BCUT2D eigenvalue weighted by Crippen LogP contribution is 2.24. The van der Waals surface area contributed by atoms with Crippen LogP contribution in [0.15, 0.2) is 94.2 Å². The summed E-state index contributed by atoms with van der Waals surface area (Å²) in [6.45, 7) is 0.0570. The standard InChI is InChI=1S/C27H22N4O4/c32-25-17-23(28-18-24-27(34)35-29-31(24)22-9-5-2-6-10-22)26(33)30(25)21-15-13-20(14-16-21)12-11-19-7-3-1-4-8-19/h1-16,23,28H,17-18H2/p+1/b12-11+. The Labute approximate surface area is 201 Å². The van der Waals surface area contributed by atoms with Gasteiger partial charge < -0.3 is 0 Å². The van der Waals surface area contributed by atoms with Gasteiger partial charge in [-0.05, 0) is 33.2 Å². The average Bonchev–Trinajstić information content (AvgIpc) is 3.40. The second-order valence-electron chi connectivity index (χ2n) is 8.14. The molecule has 174 valence electrons. The Kier molecular flexibility index (Phi) is 6.19. The minimum absolute atomic E-state index is 0.00951. The van der Waals surface area contributed by atoms with Gasteiger partial charge in [-0.3, -0.25) is 19.4 Å². The molecule has 1 atom stereocenters. The van der Waals surface area contributed by atoms with Gasteiger partial charge in [0.15, 0.2) is 0 Å². The van der Waals surface area contributed by atoms with Gasteiger partial charge in [-0.2, -0.15) is 0 Å². The number of carbonyl (C=O) groups is 2. The smallest absolute Gasteiger partial charge is 0.296 e. The normalized spacial score (nSPS) is 15.9. The topological polar surface area (TPSA) is 99.3 Å². The summed E-state index contributed by atoms with van der Waals surface area (Å²) in [5.74, 6) is -0.647. The van der Waals surface area contributed by atoms with E-state index in [0.717, 1.165) is 11.1 Å². The number of hydrogen-bond acceptors (Lipinski definition) is 5. The summed E-state index contributed by atoms with van der Waals surface area (Å²) in [7, 11) is 0. The molecule has 1 fully saturated rings. The first-order chi connectivity index (χ1) is 17.1. The van der Waals surface area contributed by atoms with Gasteiger partial charge in [0.2, 0.25) is 11.6 Å². The van der Waals surface area contributed by atoms with E-state index >= 15 is 0 Å². The minimum Gasteiger partial charge on any atom is -0.296 e. The molecule has 3 aromatic carbocycles. The Bertz CT molecular complexity index is 1420. The predicted molar refractivity (Wildman–Crippen MR) is 130 cm³/mol. The summed E-state index contributed by atoms with van der Waals surface area (Å²) in [5.41, 5.74) is 3.02. The SMILES string of the molecule is O=C1CC(NCc2c(=O)o[nH][n+]2-c2ccccc2)C(=O)N1c1ccc(/C=C/c2ccccc2)cc1. The van der Waals surface area contributed by atoms with Crippen molar-refractivity contribution in [3.8, 4) is 5.69 Å². The molecular formula is C27H23N4O4+. The van der Waals surface area contributed by atoms with Gasteiger partial charge in [0.05, 0.1) is 24.7 Å². The predicted octanol–water partition coefficient (Wildman–Crippen LogP) is 2.84. The Balaban J connectivity index is 1.27. The summed E-state index contributed by atoms with van der Waals surface area (Å²) < 4.78 is 6.45. The van der Waals surface area contributed by atoms with Gasteiger partial charge in [0.25, 0.3) is 5.91 Å². The molecule has 1 aliphatic rings. The number of anilines is 1. The number of rotatable bonds is 7. The van der Waals surface area contributed by atoms with Gasteiger partial charge in [0, 0.05) is 12.1 Å². The monoisotopic (exact) mass is 467 g/mol. The van der Waals surface area contributed by atoms with E-state index in [1.807, 2.05) is 84.9 Å². The van der Waals surface area contributed by atoms with Crippen LogP contribution in [-0.4, -0.2) is 23.1 Å². The van der Waals surface area contributed by atoms with Crippen molar-refractivity contribution >= 4 is 29.7 Å². The lowest BCUT2D eigenvalue weighted by molar-refractivity contribution is -0.677. The lowest BCUT2D eigenvalue weighted by Crippen LogP contribution is -2.44. The van der Waals surface area contributed by atoms with Crippen LogP contribution in [0.3, 0.4) is 0 Å². The van der Waals surface area contributed by atoms with Crippen molar-refractivity contribution < 1.29 is 18.8 Å². The molecule has 2 amide bonds. The third kappa shape index (κ3) is 4.73. The third-order valence-corrected chi connectivity index (χ3v) is 5.83. The van der Waals surface area contributed by atoms with Crippen LogP contribution in [0.5, 0.6) is 0 Å². The van der Waals surface area contributed by atoms with E-state index in [1.165, 1.54) is 9.58 Å². The van der Waals surface area contributed by atoms with Crippen molar-refractivity contribution in [1.29, 1.82) is 0 Å². The number of aromatic amines is 1. The largest absolute Gasteiger partial charge is 0.431 e. The molecule has 4 aromatic rings. The number of nitrogens with zero attached hydrogens (tertiary/aromatic N) is 2. The Morgan fingerprint density at radius 2 is 1.51 bits per heavy atom. The number of amides is 2. The highest BCUT2D eigenvalue weighted by Gasteiger charge is 2.40. The lowest BCUT2D eigenvalue weighted by Gasteiger charge is -2.15. The molecule has 8 heteroatoms. The van der Waals surface area contributed by atoms with E-state index in [0.29, 0.717) is 17.1 Å². The summed E-state index contributed by atoms with van der Waals surface area (Å²) >= 11 is 0. The molecule has 0 radical (unpaired) electrons. The molecule has 2 N–H and O–H groups in total. The van der Waals surface area contributed by atoms with Crippen LogP contribution in [0.4, 0.5) is 5.69 Å². The molecule has 5 rings (SSSR count). The van der Waals surface area contributed by atoms with Crippen molar-refractivity contribution in [3.05, 3.63) is 112 Å². The number of para-hydroxylation sites is 1. The fourth-order valence-corrected chi connectivity index (χ4v) is 4.00. The maximum atomic E-state index is 13.0. The molecule has 8 nitrogen and oxygen atoms in total. The van der Waals surface area contributed by atoms with Crippen molar-refractivity contribution in [3.63, 3.8) is 0 Å². The molecule has 1 saturated heterocycles. The summed E-state index contributed by atoms with van der Waals surface area (Å²) in [6.07, 6.45) is 3.98. The highest BCUT2D eigenvalue weighted by atomic mass is 16.5. The van der Waals surface area contributed by atoms with E-state index in [-0.39, 0.29) is 24.8 Å². The first kappa shape index (κ1) is 22.2. The van der Waals surface area contributed by atoms with E-state index in [1.54, 1.807) is 12.1 Å². The molecule has 1 aromatic heterocycles. The average molecular weight is 468 g/mol. The fraction of sp³-hybridized carbons (Fsp3) is 0.111. The first-order valence-electron chi connectivity index (χ1n) is 11.2. The van der Waals surface area contributed by atoms with E-state index < -0.39 is 11.7 Å². The zero-order chi connectivity index (χ0) is 24.2. The van der Waals surface area contributed by atoms with Crippen LogP contribution in [0, 0.1) is 0 Å². The number of hydrogen-bond donors (Lipinski definition) is 2. The van der Waals surface area contributed by atoms with Crippen LogP contribution in [0.25, 0.3) is 17.8 Å². The van der Waals surface area contributed by atoms with Crippen molar-refractivity contribution in [2.45, 2.75) is 19.0 Å². The van der Waals surface area contributed by atoms with Crippen LogP contribution in [0.1, 0.15) is 23.2 Å². The summed E-state index contributed by atoms with van der Waals surface area (Å²) in [5, 5.41) is 5.61. The maximum absolute atomic E-state index is 13.0. The minimum atomic E-state index is -0.737. The molecule has 1 unspecified atom stereocenters. The number of benzene rings is 3. The van der Waals surface area contributed by atoms with Crippen LogP contribution < -0.4 is 20.5 Å². The zero-order valence-corrected chi connectivity index (χ0v) is 18.8. The second kappa shape index (κ2) is 9.74. The lowest BCUT2D eigenvalue weighted by atomic mass is 10.1. The fourth-order valence-electron chi connectivity index (χ4n) is 4.00. The van der Waals surface area contributed by atoms with Crippen LogP contribution in [-0.2, 0) is 16.1 Å². The van der Waals surface area contributed by atoms with E-state index in [4.69, 9.17) is 4.52 Å². The van der Waals surface area contributed by atoms with Crippen molar-refractivity contribution in [1.82, 2.24) is 10.6 Å². The molecule has 1 aliphatic heterocycles. The number of imide groups is 1.